The fraction of sp³-hybridized carbons (Fsp3) is 0.103. The van der Waals surface area contributed by atoms with Crippen LogP contribution in [0.1, 0.15) is 32.0 Å². The maximum atomic E-state index is 13.1. The van der Waals surface area contributed by atoms with Gasteiger partial charge in [-0.2, -0.15) is 0 Å². The van der Waals surface area contributed by atoms with Crippen molar-refractivity contribution in [2.45, 2.75) is 6.92 Å². The van der Waals surface area contributed by atoms with Gasteiger partial charge in [-0.15, -0.1) is 0 Å². The fourth-order valence-electron chi connectivity index (χ4n) is 4.62. The lowest BCUT2D eigenvalue weighted by atomic mass is 10.0. The van der Waals surface area contributed by atoms with Crippen LogP contribution in [0.25, 0.3) is 27.9 Å². The average molecular weight is 479 g/mol. The minimum Gasteiger partial charge on any atom is -0.493 e. The molecule has 3 aromatic carbocycles. The monoisotopic (exact) mass is 479 g/mol. The lowest BCUT2D eigenvalue weighted by molar-refractivity contribution is 0.0703. The average Bonchev–Trinajstić information content (AvgIpc) is 3.53. The van der Waals surface area contributed by atoms with Gasteiger partial charge >= 0.3 is 5.97 Å². The summed E-state index contributed by atoms with van der Waals surface area (Å²) in [5.74, 6) is 0.514. The molecule has 3 heterocycles. The number of esters is 1. The van der Waals surface area contributed by atoms with E-state index in [4.69, 9.17) is 18.6 Å². The summed E-state index contributed by atoms with van der Waals surface area (Å²) < 4.78 is 24.5. The summed E-state index contributed by atoms with van der Waals surface area (Å²) in [6.07, 6.45) is 3.71. The van der Waals surface area contributed by atoms with Gasteiger partial charge < -0.3 is 23.2 Å². The van der Waals surface area contributed by atoms with Gasteiger partial charge in [-0.25, -0.2) is 4.79 Å². The van der Waals surface area contributed by atoms with Crippen LogP contribution in [-0.4, -0.2) is 23.4 Å². The van der Waals surface area contributed by atoms with E-state index in [-0.39, 0.29) is 23.1 Å². The first-order valence-corrected chi connectivity index (χ1v) is 11.3. The number of ether oxygens (including phenoxy) is 3. The predicted molar refractivity (Wildman–Crippen MR) is 135 cm³/mol. The minimum absolute atomic E-state index is 0.0428. The zero-order chi connectivity index (χ0) is 25.0. The standard InChI is InChI=1S/C29H21NO6/c1-16-11-19(34-29(32)25-12-17-7-6-10-22(33-3)28(17)36-25)14-23-26(16)27(31)24(35-23)13-18-15-30(2)21-9-5-4-8-20(18)21/h4-15H,1-3H3/b24-13-. The molecular formula is C29H21NO6. The van der Waals surface area contributed by atoms with Gasteiger partial charge in [-0.3, -0.25) is 4.79 Å². The van der Waals surface area contributed by atoms with Crippen molar-refractivity contribution in [1.82, 2.24) is 4.57 Å². The summed E-state index contributed by atoms with van der Waals surface area (Å²) >= 11 is 0. The lowest BCUT2D eigenvalue weighted by Crippen LogP contribution is -2.07. The van der Waals surface area contributed by atoms with Gasteiger partial charge in [0.05, 0.1) is 12.7 Å². The molecule has 0 spiro atoms. The van der Waals surface area contributed by atoms with E-state index in [0.717, 1.165) is 21.9 Å². The van der Waals surface area contributed by atoms with Crippen molar-refractivity contribution in [1.29, 1.82) is 0 Å². The third-order valence-electron chi connectivity index (χ3n) is 6.30. The van der Waals surface area contributed by atoms with Crippen molar-refractivity contribution in [3.63, 3.8) is 0 Å². The normalized spacial score (nSPS) is 13.9. The number of rotatable bonds is 4. The number of benzene rings is 3. The Morgan fingerprint density at radius 1 is 1.06 bits per heavy atom. The number of aryl methyl sites for hydroxylation is 2. The number of fused-ring (bicyclic) bond motifs is 3. The summed E-state index contributed by atoms with van der Waals surface area (Å²) in [7, 11) is 3.49. The molecule has 0 amide bonds. The third-order valence-corrected chi connectivity index (χ3v) is 6.30. The molecule has 0 unspecified atom stereocenters. The fourth-order valence-corrected chi connectivity index (χ4v) is 4.62. The molecule has 0 N–H and O–H groups in total. The SMILES string of the molecule is COc1cccc2cc(C(=O)Oc3cc(C)c4c(c3)O/C(=C\c3cn(C)c5ccccc35)C4=O)oc12. The number of nitrogens with zero attached hydrogens (tertiary/aromatic N) is 1. The molecule has 0 radical (unpaired) electrons. The largest absolute Gasteiger partial charge is 0.493 e. The molecule has 0 bridgehead atoms. The van der Waals surface area contributed by atoms with Gasteiger partial charge in [0.1, 0.15) is 11.5 Å². The quantitative estimate of drug-likeness (QED) is 0.177. The molecule has 0 aliphatic carbocycles. The molecule has 0 atom stereocenters. The highest BCUT2D eigenvalue weighted by Crippen LogP contribution is 2.38. The first kappa shape index (κ1) is 21.7. The highest BCUT2D eigenvalue weighted by Gasteiger charge is 2.31. The molecule has 1 aliphatic rings. The van der Waals surface area contributed by atoms with Gasteiger partial charge in [-0.05, 0) is 42.8 Å². The first-order valence-electron chi connectivity index (χ1n) is 11.3. The van der Waals surface area contributed by atoms with Gasteiger partial charge in [-0.1, -0.05) is 30.3 Å². The van der Waals surface area contributed by atoms with Crippen molar-refractivity contribution >= 4 is 39.7 Å². The van der Waals surface area contributed by atoms with Gasteiger partial charge in [0.2, 0.25) is 11.5 Å². The molecule has 7 nitrogen and oxygen atoms in total. The topological polar surface area (TPSA) is 79.9 Å². The molecule has 1 aliphatic heterocycles. The summed E-state index contributed by atoms with van der Waals surface area (Å²) in [4.78, 5) is 26.0. The zero-order valence-corrected chi connectivity index (χ0v) is 19.8. The number of carbonyl (C=O) groups is 2. The number of ketones is 1. The van der Waals surface area contributed by atoms with Crippen molar-refractivity contribution in [3.8, 4) is 17.2 Å². The van der Waals surface area contributed by atoms with Crippen molar-refractivity contribution in [3.05, 3.63) is 95.1 Å². The van der Waals surface area contributed by atoms with Crippen molar-refractivity contribution in [2.24, 2.45) is 7.05 Å². The number of aromatic nitrogens is 1. The van der Waals surface area contributed by atoms with E-state index in [0.29, 0.717) is 28.2 Å². The van der Waals surface area contributed by atoms with Crippen LogP contribution in [0.3, 0.4) is 0 Å². The predicted octanol–water partition coefficient (Wildman–Crippen LogP) is 6.08. The Morgan fingerprint density at radius 3 is 2.72 bits per heavy atom. The number of hydrogen-bond acceptors (Lipinski definition) is 6. The van der Waals surface area contributed by atoms with E-state index in [2.05, 4.69) is 0 Å². The summed E-state index contributed by atoms with van der Waals surface area (Å²) in [6, 6.07) is 18.1. The summed E-state index contributed by atoms with van der Waals surface area (Å²) in [5, 5.41) is 1.75. The van der Waals surface area contributed by atoms with Crippen LogP contribution in [0.4, 0.5) is 0 Å². The van der Waals surface area contributed by atoms with E-state index in [9.17, 15) is 9.59 Å². The van der Waals surface area contributed by atoms with E-state index in [1.165, 1.54) is 7.11 Å². The first-order chi connectivity index (χ1) is 17.4. The summed E-state index contributed by atoms with van der Waals surface area (Å²) in [5.41, 5.74) is 3.51. The van der Waals surface area contributed by atoms with E-state index in [1.54, 1.807) is 37.3 Å². The molecule has 5 aromatic rings. The van der Waals surface area contributed by atoms with Gasteiger partial charge in [0.25, 0.3) is 0 Å². The number of para-hydroxylation sites is 2. The molecule has 178 valence electrons. The maximum Gasteiger partial charge on any atom is 0.379 e. The van der Waals surface area contributed by atoms with Gasteiger partial charge in [0, 0.05) is 41.2 Å². The van der Waals surface area contributed by atoms with Crippen LogP contribution in [0, 0.1) is 6.92 Å². The Labute approximate surface area is 206 Å². The van der Waals surface area contributed by atoms with Crippen molar-refractivity contribution < 1.29 is 28.2 Å². The summed E-state index contributed by atoms with van der Waals surface area (Å²) in [6.45, 7) is 1.78. The Bertz CT molecular complexity index is 1740. The number of allylic oxidation sites excluding steroid dienone is 1. The lowest BCUT2D eigenvalue weighted by Gasteiger charge is -2.06. The second-order valence-corrected chi connectivity index (χ2v) is 8.64. The molecule has 0 saturated carbocycles. The Morgan fingerprint density at radius 2 is 1.89 bits per heavy atom. The third kappa shape index (κ3) is 3.44. The smallest absolute Gasteiger partial charge is 0.379 e. The maximum absolute atomic E-state index is 13.1. The molecule has 36 heavy (non-hydrogen) atoms. The van der Waals surface area contributed by atoms with Crippen LogP contribution < -0.4 is 14.2 Å². The zero-order valence-electron chi connectivity index (χ0n) is 19.8. The minimum atomic E-state index is -0.663. The molecular weight excluding hydrogens is 458 g/mol. The molecule has 0 saturated heterocycles. The Hall–Kier alpha value is -4.78. The van der Waals surface area contributed by atoms with Crippen LogP contribution in [0.5, 0.6) is 17.2 Å². The van der Waals surface area contributed by atoms with Crippen LogP contribution in [0.2, 0.25) is 0 Å². The van der Waals surface area contributed by atoms with E-state index < -0.39 is 5.97 Å². The van der Waals surface area contributed by atoms with Crippen molar-refractivity contribution in [2.75, 3.05) is 7.11 Å². The van der Waals surface area contributed by atoms with E-state index >= 15 is 0 Å². The highest BCUT2D eigenvalue weighted by molar-refractivity contribution is 6.16. The second kappa shape index (κ2) is 8.16. The number of furan rings is 1. The molecule has 6 rings (SSSR count). The Balaban J connectivity index is 1.30. The van der Waals surface area contributed by atoms with Crippen LogP contribution >= 0.6 is 0 Å². The number of hydrogen-bond donors (Lipinski definition) is 0. The van der Waals surface area contributed by atoms with E-state index in [1.807, 2.05) is 54.2 Å². The van der Waals surface area contributed by atoms with Crippen LogP contribution in [0.15, 0.2) is 77.0 Å². The molecule has 2 aromatic heterocycles. The number of Topliss-reactive ketones (excluding diaryl/α,β-unsaturated/α-hetero) is 1. The second-order valence-electron chi connectivity index (χ2n) is 8.64. The Kier molecular flexibility index (Phi) is 4.93. The number of carbonyl (C=O) groups excluding carboxylic acids is 2. The molecule has 0 fully saturated rings. The number of methoxy groups -OCH3 is 1. The van der Waals surface area contributed by atoms with Gasteiger partial charge in [0.15, 0.2) is 17.1 Å². The van der Waals surface area contributed by atoms with Crippen LogP contribution in [-0.2, 0) is 7.05 Å². The highest BCUT2D eigenvalue weighted by atomic mass is 16.6. The molecule has 7 heteroatoms.